The van der Waals surface area contributed by atoms with Crippen molar-refractivity contribution >= 4 is 34.1 Å². The quantitative estimate of drug-likeness (QED) is 0.505. The van der Waals surface area contributed by atoms with Gasteiger partial charge in [-0.2, -0.15) is 0 Å². The third kappa shape index (κ3) is 3.36. The fourth-order valence-electron chi connectivity index (χ4n) is 2.01. The van der Waals surface area contributed by atoms with Gasteiger partial charge in [-0.05, 0) is 30.7 Å². The first kappa shape index (κ1) is 14.5. The summed E-state index contributed by atoms with van der Waals surface area (Å²) in [7, 11) is 0. The number of benzene rings is 1. The van der Waals surface area contributed by atoms with Crippen molar-refractivity contribution in [3.05, 3.63) is 36.0 Å². The molecule has 2 N–H and O–H groups in total. The molecule has 0 radical (unpaired) electrons. The van der Waals surface area contributed by atoms with Crippen LogP contribution in [0.15, 0.2) is 30.5 Å². The zero-order chi connectivity index (χ0) is 14.5. The first-order valence-corrected chi connectivity index (χ1v) is 7.07. The molecule has 0 spiro atoms. The van der Waals surface area contributed by atoms with Crippen LogP contribution in [0.25, 0.3) is 10.9 Å². The highest BCUT2D eigenvalue weighted by Gasteiger charge is 2.08. The summed E-state index contributed by atoms with van der Waals surface area (Å²) in [6.07, 6.45) is 3.78. The Balaban J connectivity index is 2.11. The van der Waals surface area contributed by atoms with Gasteiger partial charge >= 0.3 is 5.97 Å². The number of aromatic nitrogens is 1. The number of ether oxygens (including phenoxy) is 1. The van der Waals surface area contributed by atoms with E-state index in [2.05, 4.69) is 6.92 Å². The zero-order valence-electron chi connectivity index (χ0n) is 11.5. The molecular formula is C15H18N2O2S. The summed E-state index contributed by atoms with van der Waals surface area (Å²) in [5.74, 6) is -0.214. The number of hydrogen-bond donors (Lipinski definition) is 1. The Labute approximate surface area is 123 Å². The van der Waals surface area contributed by atoms with Crippen molar-refractivity contribution in [2.75, 3.05) is 6.61 Å². The molecular weight excluding hydrogens is 272 g/mol. The van der Waals surface area contributed by atoms with Gasteiger partial charge in [-0.15, -0.1) is 0 Å². The molecule has 0 bridgehead atoms. The van der Waals surface area contributed by atoms with Crippen molar-refractivity contribution in [1.82, 2.24) is 4.57 Å². The van der Waals surface area contributed by atoms with Gasteiger partial charge in [0.1, 0.15) is 11.5 Å². The molecule has 1 aromatic carbocycles. The Morgan fingerprint density at radius 2 is 2.20 bits per heavy atom. The summed E-state index contributed by atoms with van der Waals surface area (Å²) in [6.45, 7) is 2.77. The Hall–Kier alpha value is -1.88. The first-order valence-electron chi connectivity index (χ1n) is 6.66. The molecule has 0 amide bonds. The van der Waals surface area contributed by atoms with Gasteiger partial charge in [0.05, 0.1) is 6.61 Å². The summed E-state index contributed by atoms with van der Waals surface area (Å²) in [6, 6.07) is 7.65. The minimum atomic E-state index is -0.214. The molecule has 0 aliphatic heterocycles. The standard InChI is InChI=1S/C15H18N2O2S/c1-2-3-8-19-14(18)10-17-7-6-11-9-12(15(16)20)4-5-13(11)17/h4-7,9H,2-3,8,10H2,1H3,(H2,16,20). The lowest BCUT2D eigenvalue weighted by atomic mass is 10.1. The maximum Gasteiger partial charge on any atom is 0.325 e. The third-order valence-electron chi connectivity index (χ3n) is 3.12. The number of fused-ring (bicyclic) bond motifs is 1. The van der Waals surface area contributed by atoms with E-state index in [9.17, 15) is 4.79 Å². The van der Waals surface area contributed by atoms with Gasteiger partial charge in [-0.3, -0.25) is 4.79 Å². The van der Waals surface area contributed by atoms with Gasteiger partial charge in [-0.1, -0.05) is 25.6 Å². The van der Waals surface area contributed by atoms with E-state index < -0.39 is 0 Å². The van der Waals surface area contributed by atoms with Crippen LogP contribution < -0.4 is 5.73 Å². The number of thiocarbonyl (C=S) groups is 1. The van der Waals surface area contributed by atoms with Gasteiger partial charge in [0.25, 0.3) is 0 Å². The maximum absolute atomic E-state index is 11.7. The van der Waals surface area contributed by atoms with Crippen LogP contribution in [-0.2, 0) is 16.1 Å². The van der Waals surface area contributed by atoms with Crippen LogP contribution >= 0.6 is 12.2 Å². The van der Waals surface area contributed by atoms with Crippen LogP contribution in [0.4, 0.5) is 0 Å². The smallest absolute Gasteiger partial charge is 0.325 e. The molecule has 106 valence electrons. The molecule has 0 fully saturated rings. The predicted octanol–water partition coefficient (Wildman–Crippen LogP) is 2.62. The van der Waals surface area contributed by atoms with E-state index in [0.29, 0.717) is 11.6 Å². The number of unbranched alkanes of at least 4 members (excludes halogenated alkanes) is 1. The Kier molecular flexibility index (Phi) is 4.74. The van der Waals surface area contributed by atoms with Crippen LogP contribution in [0.3, 0.4) is 0 Å². The largest absolute Gasteiger partial charge is 0.464 e. The Morgan fingerprint density at radius 1 is 1.40 bits per heavy atom. The van der Waals surface area contributed by atoms with Gasteiger partial charge in [-0.25, -0.2) is 0 Å². The number of carbonyl (C=O) groups is 1. The molecule has 0 unspecified atom stereocenters. The molecule has 0 saturated heterocycles. The van der Waals surface area contributed by atoms with Gasteiger partial charge in [0.2, 0.25) is 0 Å². The van der Waals surface area contributed by atoms with E-state index in [1.807, 2.05) is 35.0 Å². The highest BCUT2D eigenvalue weighted by molar-refractivity contribution is 7.80. The molecule has 1 heterocycles. The molecule has 5 heteroatoms. The molecule has 0 saturated carbocycles. The van der Waals surface area contributed by atoms with Crippen LogP contribution in [0.5, 0.6) is 0 Å². The average Bonchev–Trinajstić information content (AvgIpc) is 2.81. The Bertz CT molecular complexity index is 634. The van der Waals surface area contributed by atoms with Gasteiger partial charge in [0.15, 0.2) is 0 Å². The molecule has 1 aromatic heterocycles. The second-order valence-electron chi connectivity index (χ2n) is 4.66. The number of rotatable bonds is 6. The summed E-state index contributed by atoms with van der Waals surface area (Å²) < 4.78 is 7.03. The minimum absolute atomic E-state index is 0.214. The second kappa shape index (κ2) is 6.52. The number of hydrogen-bond acceptors (Lipinski definition) is 3. The zero-order valence-corrected chi connectivity index (χ0v) is 12.3. The highest BCUT2D eigenvalue weighted by atomic mass is 32.1. The van der Waals surface area contributed by atoms with Gasteiger partial charge < -0.3 is 15.0 Å². The van der Waals surface area contributed by atoms with Crippen LogP contribution in [0.2, 0.25) is 0 Å². The van der Waals surface area contributed by atoms with Crippen molar-refractivity contribution in [2.24, 2.45) is 5.73 Å². The van der Waals surface area contributed by atoms with Crippen molar-refractivity contribution in [1.29, 1.82) is 0 Å². The molecule has 2 rings (SSSR count). The van der Waals surface area contributed by atoms with Crippen molar-refractivity contribution < 1.29 is 9.53 Å². The molecule has 2 aromatic rings. The molecule has 20 heavy (non-hydrogen) atoms. The van der Waals surface area contributed by atoms with Gasteiger partial charge in [0, 0.05) is 22.7 Å². The first-order chi connectivity index (χ1) is 9.61. The van der Waals surface area contributed by atoms with E-state index in [1.54, 1.807) is 0 Å². The van der Waals surface area contributed by atoms with E-state index in [4.69, 9.17) is 22.7 Å². The molecule has 0 aliphatic carbocycles. The van der Waals surface area contributed by atoms with E-state index in [0.717, 1.165) is 29.3 Å². The SMILES string of the molecule is CCCCOC(=O)Cn1ccc2cc(C(N)=S)ccc21. The van der Waals surface area contributed by atoms with Crippen molar-refractivity contribution in [3.63, 3.8) is 0 Å². The lowest BCUT2D eigenvalue weighted by Gasteiger charge is -2.07. The maximum atomic E-state index is 11.7. The van der Waals surface area contributed by atoms with Crippen molar-refractivity contribution in [2.45, 2.75) is 26.3 Å². The van der Waals surface area contributed by atoms with Crippen LogP contribution in [0, 0.1) is 0 Å². The average molecular weight is 290 g/mol. The van der Waals surface area contributed by atoms with Crippen LogP contribution in [0.1, 0.15) is 25.3 Å². The normalized spacial score (nSPS) is 10.7. The fourth-order valence-corrected chi connectivity index (χ4v) is 2.13. The number of nitrogens with two attached hydrogens (primary N) is 1. The summed E-state index contributed by atoms with van der Waals surface area (Å²) in [5.41, 5.74) is 7.41. The molecule has 4 nitrogen and oxygen atoms in total. The topological polar surface area (TPSA) is 57.2 Å². The summed E-state index contributed by atoms with van der Waals surface area (Å²) in [5, 5.41) is 1.01. The van der Waals surface area contributed by atoms with E-state index >= 15 is 0 Å². The minimum Gasteiger partial charge on any atom is -0.464 e. The predicted molar refractivity (Wildman–Crippen MR) is 83.7 cm³/mol. The lowest BCUT2D eigenvalue weighted by molar-refractivity contribution is -0.144. The molecule has 0 atom stereocenters. The van der Waals surface area contributed by atoms with Crippen LogP contribution in [-0.4, -0.2) is 22.1 Å². The number of carbonyl (C=O) groups excluding carboxylic acids is 1. The Morgan fingerprint density at radius 3 is 2.90 bits per heavy atom. The number of nitrogens with zero attached hydrogens (tertiary/aromatic N) is 1. The highest BCUT2D eigenvalue weighted by Crippen LogP contribution is 2.18. The number of esters is 1. The lowest BCUT2D eigenvalue weighted by Crippen LogP contribution is -2.13. The summed E-state index contributed by atoms with van der Waals surface area (Å²) in [4.78, 5) is 12.1. The monoisotopic (exact) mass is 290 g/mol. The van der Waals surface area contributed by atoms with E-state index in [-0.39, 0.29) is 12.5 Å². The van der Waals surface area contributed by atoms with Crippen molar-refractivity contribution in [3.8, 4) is 0 Å². The second-order valence-corrected chi connectivity index (χ2v) is 5.10. The molecule has 0 aliphatic rings. The summed E-state index contributed by atoms with van der Waals surface area (Å²) >= 11 is 4.96. The van der Waals surface area contributed by atoms with E-state index in [1.165, 1.54) is 0 Å². The fraction of sp³-hybridized carbons (Fsp3) is 0.333. The third-order valence-corrected chi connectivity index (χ3v) is 3.35.